The maximum Gasteiger partial charge on any atom is 0.251 e. The summed E-state index contributed by atoms with van der Waals surface area (Å²) in [5.74, 6) is 1.55. The van der Waals surface area contributed by atoms with Gasteiger partial charge in [-0.25, -0.2) is 0 Å². The number of hydrogen-bond donors (Lipinski definition) is 2. The summed E-state index contributed by atoms with van der Waals surface area (Å²) in [4.78, 5) is 12.6. The third kappa shape index (κ3) is 5.61. The first-order valence-corrected chi connectivity index (χ1v) is 9.28. The lowest BCUT2D eigenvalue weighted by Crippen LogP contribution is -2.47. The van der Waals surface area contributed by atoms with Crippen LogP contribution in [0.3, 0.4) is 0 Å². The third-order valence-corrected chi connectivity index (χ3v) is 4.74. The van der Waals surface area contributed by atoms with E-state index in [0.717, 1.165) is 25.9 Å². The predicted octanol–water partition coefficient (Wildman–Crippen LogP) is 2.48. The number of carbonyl (C=O) groups excluding carboxylic acids is 1. The van der Waals surface area contributed by atoms with Gasteiger partial charge in [0, 0.05) is 24.6 Å². The van der Waals surface area contributed by atoms with Gasteiger partial charge in [0.25, 0.3) is 5.91 Å². The van der Waals surface area contributed by atoms with Gasteiger partial charge in [0.15, 0.2) is 11.5 Å². The fourth-order valence-corrected chi connectivity index (χ4v) is 3.19. The Morgan fingerprint density at radius 1 is 1.23 bits per heavy atom. The van der Waals surface area contributed by atoms with Gasteiger partial charge in [-0.05, 0) is 50.0 Å². The van der Waals surface area contributed by atoms with Crippen molar-refractivity contribution < 1.29 is 19.0 Å². The Hall–Kier alpha value is -1.79. The lowest BCUT2D eigenvalue weighted by atomic mass is 9.79. The second-order valence-corrected chi connectivity index (χ2v) is 7.44. The number of nitrogens with one attached hydrogen (secondary N) is 2. The molecular weight excluding hydrogens is 332 g/mol. The Morgan fingerprint density at radius 3 is 2.58 bits per heavy atom. The summed E-state index contributed by atoms with van der Waals surface area (Å²) in [5.41, 5.74) is 0.570. The molecule has 0 radical (unpaired) electrons. The zero-order chi connectivity index (χ0) is 19.0. The van der Waals surface area contributed by atoms with Crippen LogP contribution < -0.4 is 20.1 Å². The summed E-state index contributed by atoms with van der Waals surface area (Å²) in [7, 11) is 3.30. The van der Waals surface area contributed by atoms with E-state index in [1.807, 2.05) is 0 Å². The van der Waals surface area contributed by atoms with E-state index in [0.29, 0.717) is 42.7 Å². The van der Waals surface area contributed by atoms with Gasteiger partial charge in [-0.15, -0.1) is 0 Å². The van der Waals surface area contributed by atoms with E-state index in [9.17, 15) is 4.79 Å². The highest BCUT2D eigenvalue weighted by molar-refractivity contribution is 5.94. The molecule has 1 amide bonds. The van der Waals surface area contributed by atoms with Crippen LogP contribution in [0.2, 0.25) is 0 Å². The molecule has 0 aromatic heterocycles. The van der Waals surface area contributed by atoms with Gasteiger partial charge in [-0.2, -0.15) is 0 Å². The summed E-state index contributed by atoms with van der Waals surface area (Å²) >= 11 is 0. The van der Waals surface area contributed by atoms with Gasteiger partial charge < -0.3 is 24.8 Å². The largest absolute Gasteiger partial charge is 0.493 e. The molecule has 1 heterocycles. The van der Waals surface area contributed by atoms with Crippen LogP contribution in [0, 0.1) is 11.3 Å². The van der Waals surface area contributed by atoms with Crippen molar-refractivity contribution in [2.45, 2.75) is 26.7 Å². The number of methoxy groups -OCH3 is 2. The fraction of sp³-hybridized carbons (Fsp3) is 0.650. The second-order valence-electron chi connectivity index (χ2n) is 7.44. The van der Waals surface area contributed by atoms with E-state index in [-0.39, 0.29) is 11.3 Å². The Balaban J connectivity index is 2.01. The number of benzene rings is 1. The summed E-state index contributed by atoms with van der Waals surface area (Å²) < 4.78 is 16.5. The van der Waals surface area contributed by atoms with Crippen LogP contribution in [-0.2, 0) is 4.74 Å². The Kier molecular flexibility index (Phi) is 7.72. The van der Waals surface area contributed by atoms with E-state index >= 15 is 0 Å². The van der Waals surface area contributed by atoms with Gasteiger partial charge in [0.1, 0.15) is 0 Å². The summed E-state index contributed by atoms with van der Waals surface area (Å²) in [6.45, 7) is 7.95. The molecule has 0 bridgehead atoms. The minimum atomic E-state index is -0.104. The van der Waals surface area contributed by atoms with Crippen molar-refractivity contribution in [2.75, 3.05) is 47.1 Å². The quantitative estimate of drug-likeness (QED) is 0.705. The van der Waals surface area contributed by atoms with Gasteiger partial charge in [0.2, 0.25) is 0 Å². The molecule has 1 aliphatic heterocycles. The number of rotatable bonds is 9. The Labute approximate surface area is 156 Å². The van der Waals surface area contributed by atoms with E-state index in [1.165, 1.54) is 0 Å². The molecule has 2 rings (SSSR count). The first-order valence-electron chi connectivity index (χ1n) is 9.28. The van der Waals surface area contributed by atoms with Crippen molar-refractivity contribution in [2.24, 2.45) is 11.3 Å². The second kappa shape index (κ2) is 9.78. The molecule has 146 valence electrons. The van der Waals surface area contributed by atoms with Crippen LogP contribution in [0.1, 0.15) is 37.0 Å². The number of piperidine rings is 1. The Bertz CT molecular complexity index is 578. The number of ether oxygens (including phenoxy) is 3. The zero-order valence-electron chi connectivity index (χ0n) is 16.4. The molecule has 1 aliphatic rings. The van der Waals surface area contributed by atoms with Crippen LogP contribution in [0.25, 0.3) is 0 Å². The topological polar surface area (TPSA) is 68.8 Å². The molecule has 26 heavy (non-hydrogen) atoms. The molecule has 1 fully saturated rings. The monoisotopic (exact) mass is 364 g/mol. The SMILES string of the molecule is COCC1(CNC(=O)c2ccc(OCC(C)C)c(OC)c2)CCNCC1. The van der Waals surface area contributed by atoms with Gasteiger partial charge in [0.05, 0.1) is 20.3 Å². The standard InChI is InChI=1S/C20H32N2O4/c1-15(2)12-26-17-6-5-16(11-18(17)25-4)19(23)22-13-20(14-24-3)7-9-21-10-8-20/h5-6,11,15,21H,7-10,12-14H2,1-4H3,(H,22,23). The zero-order valence-corrected chi connectivity index (χ0v) is 16.4. The van der Waals surface area contributed by atoms with Crippen LogP contribution in [0.15, 0.2) is 18.2 Å². The lowest BCUT2D eigenvalue weighted by Gasteiger charge is -2.37. The molecule has 0 unspecified atom stereocenters. The average Bonchev–Trinajstić information content (AvgIpc) is 2.65. The molecular formula is C20H32N2O4. The van der Waals surface area contributed by atoms with Gasteiger partial charge in [-0.3, -0.25) is 4.79 Å². The van der Waals surface area contributed by atoms with Crippen LogP contribution >= 0.6 is 0 Å². The number of hydrogen-bond acceptors (Lipinski definition) is 5. The number of carbonyl (C=O) groups is 1. The first kappa shape index (κ1) is 20.5. The van der Waals surface area contributed by atoms with E-state index in [1.54, 1.807) is 32.4 Å². The van der Waals surface area contributed by atoms with E-state index in [4.69, 9.17) is 14.2 Å². The van der Waals surface area contributed by atoms with Crippen LogP contribution in [-0.4, -0.2) is 53.0 Å². The molecule has 1 aromatic rings. The Morgan fingerprint density at radius 2 is 1.96 bits per heavy atom. The first-order chi connectivity index (χ1) is 12.5. The lowest BCUT2D eigenvalue weighted by molar-refractivity contribution is 0.0511. The number of amides is 1. The highest BCUT2D eigenvalue weighted by Gasteiger charge is 2.32. The third-order valence-electron chi connectivity index (χ3n) is 4.74. The highest BCUT2D eigenvalue weighted by atomic mass is 16.5. The maximum atomic E-state index is 12.6. The molecule has 0 saturated carbocycles. The van der Waals surface area contributed by atoms with Crippen molar-refractivity contribution >= 4 is 5.91 Å². The van der Waals surface area contributed by atoms with Crippen molar-refractivity contribution in [3.05, 3.63) is 23.8 Å². The van der Waals surface area contributed by atoms with Crippen molar-refractivity contribution in [3.8, 4) is 11.5 Å². The normalized spacial score (nSPS) is 16.3. The molecule has 2 N–H and O–H groups in total. The minimum Gasteiger partial charge on any atom is -0.493 e. The van der Waals surface area contributed by atoms with Crippen molar-refractivity contribution in [1.29, 1.82) is 0 Å². The van der Waals surface area contributed by atoms with Crippen molar-refractivity contribution in [3.63, 3.8) is 0 Å². The van der Waals surface area contributed by atoms with E-state index in [2.05, 4.69) is 24.5 Å². The summed E-state index contributed by atoms with van der Waals surface area (Å²) in [6.07, 6.45) is 1.98. The van der Waals surface area contributed by atoms with Gasteiger partial charge >= 0.3 is 0 Å². The van der Waals surface area contributed by atoms with Gasteiger partial charge in [-0.1, -0.05) is 13.8 Å². The summed E-state index contributed by atoms with van der Waals surface area (Å²) in [5, 5.41) is 6.43. The van der Waals surface area contributed by atoms with E-state index < -0.39 is 0 Å². The minimum absolute atomic E-state index is 0.0000620. The maximum absolute atomic E-state index is 12.6. The average molecular weight is 364 g/mol. The molecule has 6 nitrogen and oxygen atoms in total. The molecule has 1 saturated heterocycles. The summed E-state index contributed by atoms with van der Waals surface area (Å²) in [6, 6.07) is 5.31. The molecule has 0 spiro atoms. The van der Waals surface area contributed by atoms with Crippen molar-refractivity contribution in [1.82, 2.24) is 10.6 Å². The molecule has 1 aromatic carbocycles. The molecule has 6 heteroatoms. The smallest absolute Gasteiger partial charge is 0.251 e. The fourth-order valence-electron chi connectivity index (χ4n) is 3.19. The predicted molar refractivity (Wildman–Crippen MR) is 102 cm³/mol. The van der Waals surface area contributed by atoms with Crippen LogP contribution in [0.5, 0.6) is 11.5 Å². The molecule has 0 aliphatic carbocycles. The van der Waals surface area contributed by atoms with Crippen LogP contribution in [0.4, 0.5) is 0 Å². The highest BCUT2D eigenvalue weighted by Crippen LogP contribution is 2.30. The molecule has 0 atom stereocenters.